The Hall–Kier alpha value is -3.22. The Balaban J connectivity index is 1.65. The fourth-order valence-corrected chi connectivity index (χ4v) is 3.44. The highest BCUT2D eigenvalue weighted by atomic mass is 16.6. The van der Waals surface area contributed by atoms with Crippen molar-refractivity contribution in [3.63, 3.8) is 0 Å². The van der Waals surface area contributed by atoms with Gasteiger partial charge >= 0.3 is 6.09 Å². The maximum absolute atomic E-state index is 12.6. The topological polar surface area (TPSA) is 71.5 Å². The number of piperazine rings is 1. The second-order valence-corrected chi connectivity index (χ2v) is 8.12. The lowest BCUT2D eigenvalue weighted by Gasteiger charge is -2.41. The number of carbonyl (C=O) groups excluding carboxylic acids is 1. The Bertz CT molecular complexity index is 1000. The third-order valence-corrected chi connectivity index (χ3v) is 4.79. The first-order valence-electron chi connectivity index (χ1n) is 9.78. The summed E-state index contributed by atoms with van der Waals surface area (Å²) in [6.07, 6.45) is 3.30. The minimum atomic E-state index is -0.532. The average molecular weight is 391 g/mol. The fraction of sp³-hybridized carbons (Fsp3) is 0.364. The zero-order valence-electron chi connectivity index (χ0n) is 16.9. The molecular formula is C22H25N5O2. The predicted octanol–water partition coefficient (Wildman–Crippen LogP) is 3.82. The van der Waals surface area contributed by atoms with Crippen molar-refractivity contribution in [3.8, 4) is 0 Å². The lowest BCUT2D eigenvalue weighted by molar-refractivity contribution is 0.0212. The van der Waals surface area contributed by atoms with E-state index in [0.29, 0.717) is 25.6 Å². The molecule has 3 heterocycles. The lowest BCUT2D eigenvalue weighted by atomic mass is 10.1. The molecule has 1 amide bonds. The van der Waals surface area contributed by atoms with E-state index in [-0.39, 0.29) is 12.1 Å². The number of anilines is 1. The Morgan fingerprint density at radius 3 is 2.62 bits per heavy atom. The number of ether oxygens (including phenoxy) is 1. The molecule has 1 atom stereocenters. The third kappa shape index (κ3) is 4.29. The van der Waals surface area contributed by atoms with Crippen LogP contribution in [0.5, 0.6) is 0 Å². The third-order valence-electron chi connectivity index (χ3n) is 4.79. The molecule has 7 heteroatoms. The molecule has 29 heavy (non-hydrogen) atoms. The first-order valence-corrected chi connectivity index (χ1v) is 9.78. The van der Waals surface area contributed by atoms with Crippen molar-refractivity contribution in [3.05, 3.63) is 60.6 Å². The van der Waals surface area contributed by atoms with Gasteiger partial charge in [-0.15, -0.1) is 0 Å². The highest BCUT2D eigenvalue weighted by molar-refractivity contribution is 5.78. The molecule has 0 unspecified atom stereocenters. The molecule has 0 N–H and O–H groups in total. The van der Waals surface area contributed by atoms with E-state index in [4.69, 9.17) is 9.72 Å². The van der Waals surface area contributed by atoms with Gasteiger partial charge in [-0.3, -0.25) is 4.98 Å². The number of pyridine rings is 1. The van der Waals surface area contributed by atoms with Gasteiger partial charge in [0.2, 0.25) is 5.95 Å². The second-order valence-electron chi connectivity index (χ2n) is 8.12. The molecule has 1 saturated heterocycles. The van der Waals surface area contributed by atoms with Crippen LogP contribution in [-0.4, -0.2) is 51.2 Å². The number of carbonyl (C=O) groups is 1. The number of hydrogen-bond donors (Lipinski definition) is 0. The van der Waals surface area contributed by atoms with Crippen LogP contribution in [0.1, 0.15) is 32.5 Å². The van der Waals surface area contributed by atoms with E-state index in [1.165, 1.54) is 0 Å². The molecule has 1 aliphatic rings. The van der Waals surface area contributed by atoms with E-state index in [9.17, 15) is 4.79 Å². The molecule has 0 radical (unpaired) electrons. The van der Waals surface area contributed by atoms with Crippen molar-refractivity contribution in [1.82, 2.24) is 19.9 Å². The highest BCUT2D eigenvalue weighted by Crippen LogP contribution is 2.29. The van der Waals surface area contributed by atoms with Crippen molar-refractivity contribution < 1.29 is 9.53 Å². The minimum absolute atomic E-state index is 0.154. The molecule has 150 valence electrons. The molecule has 1 aromatic carbocycles. The van der Waals surface area contributed by atoms with Gasteiger partial charge < -0.3 is 14.5 Å². The summed E-state index contributed by atoms with van der Waals surface area (Å²) in [6.45, 7) is 7.22. The molecule has 3 aromatic rings. The van der Waals surface area contributed by atoms with Crippen molar-refractivity contribution in [2.24, 2.45) is 0 Å². The minimum Gasteiger partial charge on any atom is -0.444 e. The summed E-state index contributed by atoms with van der Waals surface area (Å²) >= 11 is 0. The molecule has 4 rings (SSSR count). The Morgan fingerprint density at radius 2 is 1.86 bits per heavy atom. The summed E-state index contributed by atoms with van der Waals surface area (Å²) in [4.78, 5) is 30.4. The predicted molar refractivity (Wildman–Crippen MR) is 112 cm³/mol. The number of para-hydroxylation sites is 1. The van der Waals surface area contributed by atoms with E-state index < -0.39 is 5.60 Å². The van der Waals surface area contributed by atoms with E-state index in [1.54, 1.807) is 11.1 Å². The lowest BCUT2D eigenvalue weighted by Crippen LogP contribution is -2.52. The summed E-state index contributed by atoms with van der Waals surface area (Å²) in [5.74, 6) is 0.642. The van der Waals surface area contributed by atoms with Crippen LogP contribution in [0.25, 0.3) is 10.9 Å². The first kappa shape index (κ1) is 19.1. The maximum Gasteiger partial charge on any atom is 0.410 e. The number of benzene rings is 1. The summed E-state index contributed by atoms with van der Waals surface area (Å²) in [5.41, 5.74) is 1.24. The van der Waals surface area contributed by atoms with Gasteiger partial charge in [0, 0.05) is 30.9 Å². The summed E-state index contributed by atoms with van der Waals surface area (Å²) in [7, 11) is 0. The van der Waals surface area contributed by atoms with Crippen molar-refractivity contribution in [2.45, 2.75) is 32.4 Å². The average Bonchev–Trinajstić information content (AvgIpc) is 2.72. The van der Waals surface area contributed by atoms with Gasteiger partial charge in [-0.2, -0.15) is 0 Å². The van der Waals surface area contributed by atoms with Gasteiger partial charge in [-0.05, 0) is 39.0 Å². The number of hydrogen-bond acceptors (Lipinski definition) is 6. The van der Waals surface area contributed by atoms with Crippen LogP contribution in [0.4, 0.5) is 10.7 Å². The van der Waals surface area contributed by atoms with Crippen LogP contribution in [0.2, 0.25) is 0 Å². The molecule has 0 saturated carbocycles. The number of aromatic nitrogens is 3. The second kappa shape index (κ2) is 7.66. The molecular weight excluding hydrogens is 366 g/mol. The quantitative estimate of drug-likeness (QED) is 0.661. The van der Waals surface area contributed by atoms with E-state index >= 15 is 0 Å². The van der Waals surface area contributed by atoms with Crippen LogP contribution in [-0.2, 0) is 4.74 Å². The van der Waals surface area contributed by atoms with Crippen LogP contribution in [0.3, 0.4) is 0 Å². The van der Waals surface area contributed by atoms with Crippen LogP contribution in [0, 0.1) is 0 Å². The van der Waals surface area contributed by atoms with Gasteiger partial charge in [-0.25, -0.2) is 14.8 Å². The monoisotopic (exact) mass is 391 g/mol. The van der Waals surface area contributed by atoms with Crippen molar-refractivity contribution in [1.29, 1.82) is 0 Å². The van der Waals surface area contributed by atoms with Gasteiger partial charge in [0.05, 0.1) is 23.8 Å². The van der Waals surface area contributed by atoms with Crippen molar-refractivity contribution >= 4 is 22.9 Å². The maximum atomic E-state index is 12.6. The van der Waals surface area contributed by atoms with Crippen LogP contribution in [0.15, 0.2) is 54.9 Å². The Morgan fingerprint density at radius 1 is 1.07 bits per heavy atom. The van der Waals surface area contributed by atoms with Gasteiger partial charge in [-0.1, -0.05) is 24.3 Å². The zero-order chi connectivity index (χ0) is 20.4. The molecule has 1 fully saturated rings. The SMILES string of the molecule is CC(C)(C)OC(=O)N1CCN(c2ncc3ccccc3n2)[C@H](c2ccccn2)C1. The number of amides is 1. The first-order chi connectivity index (χ1) is 13.9. The smallest absolute Gasteiger partial charge is 0.410 e. The number of rotatable bonds is 2. The molecule has 2 aromatic heterocycles. The summed E-state index contributed by atoms with van der Waals surface area (Å²) in [5, 5.41) is 0.998. The van der Waals surface area contributed by atoms with Crippen molar-refractivity contribution in [2.75, 3.05) is 24.5 Å². The van der Waals surface area contributed by atoms with Gasteiger partial charge in [0.15, 0.2) is 0 Å². The molecule has 0 aliphatic carbocycles. The number of nitrogens with zero attached hydrogens (tertiary/aromatic N) is 5. The van der Waals surface area contributed by atoms with Gasteiger partial charge in [0.1, 0.15) is 5.60 Å². The highest BCUT2D eigenvalue weighted by Gasteiger charge is 2.34. The standard InChI is InChI=1S/C22H25N5O2/c1-22(2,3)29-21(28)26-12-13-27(19(15-26)18-10-6-7-11-23-18)20-24-14-16-8-4-5-9-17(16)25-20/h4-11,14,19H,12-13,15H2,1-3H3/t19-/m0/s1. The Kier molecular flexibility index (Phi) is 5.05. The largest absolute Gasteiger partial charge is 0.444 e. The normalized spacial score (nSPS) is 17.4. The van der Waals surface area contributed by atoms with Gasteiger partial charge in [0.25, 0.3) is 0 Å². The zero-order valence-corrected chi connectivity index (χ0v) is 16.9. The van der Waals surface area contributed by atoms with Crippen LogP contribution < -0.4 is 4.90 Å². The van der Waals surface area contributed by atoms with E-state index in [0.717, 1.165) is 16.6 Å². The molecule has 1 aliphatic heterocycles. The molecule has 0 spiro atoms. The number of fused-ring (bicyclic) bond motifs is 1. The molecule has 7 nitrogen and oxygen atoms in total. The summed E-state index contributed by atoms with van der Waals surface area (Å²) < 4.78 is 5.58. The van der Waals surface area contributed by atoms with Crippen LogP contribution >= 0.6 is 0 Å². The van der Waals surface area contributed by atoms with E-state index in [1.807, 2.05) is 69.4 Å². The fourth-order valence-electron chi connectivity index (χ4n) is 3.44. The van der Waals surface area contributed by atoms with E-state index in [2.05, 4.69) is 14.9 Å². The Labute approximate surface area is 170 Å². The summed E-state index contributed by atoms with van der Waals surface area (Å²) in [6, 6.07) is 13.6. The molecule has 0 bridgehead atoms.